The summed E-state index contributed by atoms with van der Waals surface area (Å²) in [5, 5.41) is 13.2. The van der Waals surface area contributed by atoms with Crippen LogP contribution < -0.4 is 15.4 Å². The number of nitrogens with zero attached hydrogens (tertiary/aromatic N) is 1. The Labute approximate surface area is 194 Å². The van der Waals surface area contributed by atoms with Gasteiger partial charge in [0.25, 0.3) is 0 Å². The van der Waals surface area contributed by atoms with Crippen LogP contribution in [-0.4, -0.2) is 54.1 Å². The molecular formula is C23H26F3N3O5. The minimum absolute atomic E-state index is 0.403. The lowest BCUT2D eigenvalue weighted by Gasteiger charge is -2.27. The number of pyridine rings is 1. The van der Waals surface area contributed by atoms with Crippen LogP contribution in [-0.2, 0) is 9.53 Å². The lowest BCUT2D eigenvalue weighted by molar-refractivity contribution is -0.192. The number of hydrogen-bond acceptors (Lipinski definition) is 6. The lowest BCUT2D eigenvalue weighted by Crippen LogP contribution is -2.46. The number of nitrogens with one attached hydrogen (secondary N) is 2. The minimum Gasteiger partial charge on any atom is -0.490 e. The monoisotopic (exact) mass is 481 g/mol. The van der Waals surface area contributed by atoms with Gasteiger partial charge in [-0.3, -0.25) is 10.3 Å². The second-order valence-electron chi connectivity index (χ2n) is 8.03. The molecule has 0 bridgehead atoms. The highest BCUT2D eigenvalue weighted by Crippen LogP contribution is 2.49. The zero-order valence-electron chi connectivity index (χ0n) is 18.3. The molecule has 1 aromatic carbocycles. The van der Waals surface area contributed by atoms with E-state index in [0.29, 0.717) is 31.1 Å². The number of aliphatic carboxylic acids is 1. The largest absolute Gasteiger partial charge is 0.490 e. The van der Waals surface area contributed by atoms with Gasteiger partial charge >= 0.3 is 18.2 Å². The molecule has 1 aromatic heterocycles. The number of carbonyl (C=O) groups excluding carboxylic acids is 1. The summed E-state index contributed by atoms with van der Waals surface area (Å²) in [6, 6.07) is 11.9. The fourth-order valence-corrected chi connectivity index (χ4v) is 3.36. The standard InChI is InChI=1S/C21H25N3O3.C2HF3O2/c25-21(24-17-4-2-1-3-5-17)26-9-7-15-11-20(15)16-10-19(13-22-12-16)27-14-18-6-8-23-18;3-2(4,5)1(6)7/h1-5,10,12-13,15,18,20,23H,6-9,11,14H2,(H,24,25);(H,6,7)/t15-,18-,20-;/m0./s1. The quantitative estimate of drug-likeness (QED) is 0.518. The minimum atomic E-state index is -5.08. The van der Waals surface area contributed by atoms with Gasteiger partial charge in [0.1, 0.15) is 12.4 Å². The maximum absolute atomic E-state index is 11.8. The second kappa shape index (κ2) is 11.7. The molecule has 2 aromatic rings. The van der Waals surface area contributed by atoms with Gasteiger partial charge in [0.2, 0.25) is 0 Å². The third-order valence-electron chi connectivity index (χ3n) is 5.45. The van der Waals surface area contributed by atoms with Crippen LogP contribution in [0.15, 0.2) is 48.8 Å². The molecule has 2 aliphatic rings. The Bertz CT molecular complexity index is 954. The molecule has 1 amide bonds. The SMILES string of the molecule is O=C(Nc1ccccc1)OCC[C@H]1C[C@@H]1c1cncc(OC[C@@H]2CCN2)c1.O=C(O)C(F)(F)F. The van der Waals surface area contributed by atoms with E-state index in [-0.39, 0.29) is 0 Å². The van der Waals surface area contributed by atoms with E-state index in [4.69, 9.17) is 19.4 Å². The van der Waals surface area contributed by atoms with Gasteiger partial charge in [0.05, 0.1) is 12.8 Å². The number of anilines is 1. The molecule has 1 saturated carbocycles. The van der Waals surface area contributed by atoms with Crippen LogP contribution in [0.4, 0.5) is 23.7 Å². The van der Waals surface area contributed by atoms with E-state index >= 15 is 0 Å². The molecule has 11 heteroatoms. The molecule has 3 atom stereocenters. The highest BCUT2D eigenvalue weighted by atomic mass is 19.4. The Kier molecular flexibility index (Phi) is 8.69. The maximum atomic E-state index is 11.8. The highest BCUT2D eigenvalue weighted by molar-refractivity contribution is 5.84. The predicted molar refractivity (Wildman–Crippen MR) is 117 cm³/mol. The summed E-state index contributed by atoms with van der Waals surface area (Å²) < 4.78 is 42.9. The van der Waals surface area contributed by atoms with Gasteiger partial charge in [-0.25, -0.2) is 9.59 Å². The molecule has 1 aliphatic carbocycles. The predicted octanol–water partition coefficient (Wildman–Crippen LogP) is 4.20. The van der Waals surface area contributed by atoms with E-state index in [1.54, 1.807) is 6.20 Å². The number of amides is 1. The third kappa shape index (κ3) is 8.22. The normalized spacial score (nSPS) is 20.7. The lowest BCUT2D eigenvalue weighted by atomic mass is 10.1. The molecule has 2 fully saturated rings. The Morgan fingerprint density at radius 3 is 2.53 bits per heavy atom. The summed E-state index contributed by atoms with van der Waals surface area (Å²) in [5.41, 5.74) is 1.96. The number of hydrogen-bond donors (Lipinski definition) is 3. The number of alkyl halides is 3. The zero-order valence-corrected chi connectivity index (χ0v) is 18.3. The van der Waals surface area contributed by atoms with Gasteiger partial charge in [-0.1, -0.05) is 18.2 Å². The molecule has 4 rings (SSSR count). The zero-order chi connectivity index (χ0) is 24.6. The maximum Gasteiger partial charge on any atom is 0.490 e. The first kappa shape index (κ1) is 25.3. The van der Waals surface area contributed by atoms with Crippen LogP contribution in [0.25, 0.3) is 0 Å². The highest BCUT2D eigenvalue weighted by Gasteiger charge is 2.39. The van der Waals surface area contributed by atoms with Crippen LogP contribution in [0.1, 0.15) is 30.7 Å². The summed E-state index contributed by atoms with van der Waals surface area (Å²) in [6.45, 7) is 2.21. The molecule has 184 valence electrons. The molecule has 1 aliphatic heterocycles. The van der Waals surface area contributed by atoms with Crippen molar-refractivity contribution in [1.29, 1.82) is 0 Å². The van der Waals surface area contributed by atoms with E-state index in [9.17, 15) is 18.0 Å². The van der Waals surface area contributed by atoms with Crippen LogP contribution in [0, 0.1) is 5.92 Å². The van der Waals surface area contributed by atoms with E-state index < -0.39 is 18.2 Å². The molecule has 2 heterocycles. The van der Waals surface area contributed by atoms with Crippen LogP contribution in [0.2, 0.25) is 0 Å². The van der Waals surface area contributed by atoms with E-state index in [0.717, 1.165) is 30.8 Å². The molecule has 8 nitrogen and oxygen atoms in total. The van der Waals surface area contributed by atoms with Crippen molar-refractivity contribution in [2.45, 2.75) is 37.4 Å². The number of benzene rings is 1. The molecular weight excluding hydrogens is 455 g/mol. The number of rotatable bonds is 8. The van der Waals surface area contributed by atoms with Crippen molar-refractivity contribution in [2.24, 2.45) is 5.92 Å². The number of aromatic nitrogens is 1. The molecule has 3 N–H and O–H groups in total. The Hall–Kier alpha value is -3.34. The first-order valence-corrected chi connectivity index (χ1v) is 10.8. The summed E-state index contributed by atoms with van der Waals surface area (Å²) in [4.78, 5) is 25.0. The van der Waals surface area contributed by atoms with E-state index in [2.05, 4.69) is 21.7 Å². The smallest absolute Gasteiger partial charge is 0.490 e. The Morgan fingerprint density at radius 2 is 1.91 bits per heavy atom. The van der Waals surface area contributed by atoms with Crippen LogP contribution >= 0.6 is 0 Å². The fourth-order valence-electron chi connectivity index (χ4n) is 3.36. The van der Waals surface area contributed by atoms with Gasteiger partial charge in [-0.05, 0) is 61.4 Å². The van der Waals surface area contributed by atoms with Crippen molar-refractivity contribution in [3.63, 3.8) is 0 Å². The van der Waals surface area contributed by atoms with Crippen molar-refractivity contribution in [2.75, 3.05) is 25.1 Å². The molecule has 0 radical (unpaired) electrons. The van der Waals surface area contributed by atoms with Gasteiger partial charge in [0.15, 0.2) is 0 Å². The van der Waals surface area contributed by atoms with Crippen molar-refractivity contribution in [3.8, 4) is 5.75 Å². The number of halogens is 3. The Morgan fingerprint density at radius 1 is 1.21 bits per heavy atom. The topological polar surface area (TPSA) is 110 Å². The van der Waals surface area contributed by atoms with E-state index in [1.165, 1.54) is 12.0 Å². The average molecular weight is 481 g/mol. The van der Waals surface area contributed by atoms with Gasteiger partial charge < -0.3 is 19.9 Å². The second-order valence-corrected chi connectivity index (χ2v) is 8.03. The number of para-hydroxylation sites is 1. The number of ether oxygens (including phenoxy) is 2. The molecule has 34 heavy (non-hydrogen) atoms. The van der Waals surface area contributed by atoms with E-state index in [1.807, 2.05) is 36.5 Å². The first-order chi connectivity index (χ1) is 16.2. The molecule has 0 unspecified atom stereocenters. The van der Waals surface area contributed by atoms with Gasteiger partial charge in [-0.15, -0.1) is 0 Å². The van der Waals surface area contributed by atoms with Gasteiger partial charge in [0, 0.05) is 17.9 Å². The average Bonchev–Trinajstić information content (AvgIpc) is 3.53. The summed E-state index contributed by atoms with van der Waals surface area (Å²) in [7, 11) is 0. The molecule has 0 spiro atoms. The van der Waals surface area contributed by atoms with Gasteiger partial charge in [-0.2, -0.15) is 13.2 Å². The summed E-state index contributed by atoms with van der Waals surface area (Å²) >= 11 is 0. The fraction of sp³-hybridized carbons (Fsp3) is 0.435. The number of carbonyl (C=O) groups is 2. The van der Waals surface area contributed by atoms with Crippen molar-refractivity contribution >= 4 is 17.7 Å². The Balaban J connectivity index is 0.000000406. The molecule has 1 saturated heterocycles. The summed E-state index contributed by atoms with van der Waals surface area (Å²) in [6.07, 6.45) is 1.36. The number of carboxylic acids is 1. The first-order valence-electron chi connectivity index (χ1n) is 10.8. The van der Waals surface area contributed by atoms with Crippen molar-refractivity contribution < 1.29 is 37.3 Å². The third-order valence-corrected chi connectivity index (χ3v) is 5.45. The van der Waals surface area contributed by atoms with Crippen molar-refractivity contribution in [3.05, 3.63) is 54.4 Å². The van der Waals surface area contributed by atoms with Crippen LogP contribution in [0.3, 0.4) is 0 Å². The van der Waals surface area contributed by atoms with Crippen molar-refractivity contribution in [1.82, 2.24) is 10.3 Å². The van der Waals surface area contributed by atoms with Crippen LogP contribution in [0.5, 0.6) is 5.75 Å². The summed E-state index contributed by atoms with van der Waals surface area (Å²) in [5.74, 6) is -0.888. The number of carboxylic acid groups (broad SMARTS) is 1.